The Labute approximate surface area is 122 Å². The van der Waals surface area contributed by atoms with E-state index in [9.17, 15) is 9.90 Å². The van der Waals surface area contributed by atoms with Crippen LogP contribution >= 0.6 is 0 Å². The molecule has 4 heteroatoms. The summed E-state index contributed by atoms with van der Waals surface area (Å²) in [5, 5.41) is 9.73. The lowest BCUT2D eigenvalue weighted by Gasteiger charge is -2.42. The first-order chi connectivity index (χ1) is 9.55. The van der Waals surface area contributed by atoms with Crippen molar-refractivity contribution in [1.82, 2.24) is 4.90 Å². The molecule has 2 atom stereocenters. The molecule has 1 aliphatic carbocycles. The van der Waals surface area contributed by atoms with E-state index < -0.39 is 11.4 Å². The molecule has 4 nitrogen and oxygen atoms in total. The summed E-state index contributed by atoms with van der Waals surface area (Å²) in [4.78, 5) is 14.2. The first-order valence-electron chi connectivity index (χ1n) is 8.00. The minimum Gasteiger partial charge on any atom is -0.481 e. The zero-order valence-corrected chi connectivity index (χ0v) is 12.9. The van der Waals surface area contributed by atoms with Gasteiger partial charge < -0.3 is 14.7 Å². The van der Waals surface area contributed by atoms with E-state index in [1.807, 2.05) is 0 Å². The first kappa shape index (κ1) is 15.8. The van der Waals surface area contributed by atoms with Crippen molar-refractivity contribution < 1.29 is 14.6 Å². The average molecular weight is 283 g/mol. The van der Waals surface area contributed by atoms with Gasteiger partial charge in [0, 0.05) is 20.3 Å². The predicted molar refractivity (Wildman–Crippen MR) is 78.7 cm³/mol. The van der Waals surface area contributed by atoms with E-state index in [4.69, 9.17) is 4.74 Å². The van der Waals surface area contributed by atoms with Crippen molar-refractivity contribution in [3.8, 4) is 0 Å². The van der Waals surface area contributed by atoms with Crippen molar-refractivity contribution in [3.63, 3.8) is 0 Å². The summed E-state index contributed by atoms with van der Waals surface area (Å²) < 4.78 is 5.23. The number of ether oxygens (including phenoxy) is 1. The maximum atomic E-state index is 11.8. The largest absolute Gasteiger partial charge is 0.481 e. The molecule has 0 aromatic carbocycles. The average Bonchev–Trinajstić information content (AvgIpc) is 2.41. The van der Waals surface area contributed by atoms with Crippen LogP contribution in [0.1, 0.15) is 45.4 Å². The third-order valence-corrected chi connectivity index (χ3v) is 5.18. The van der Waals surface area contributed by atoms with E-state index in [2.05, 4.69) is 11.8 Å². The number of hydrogen-bond acceptors (Lipinski definition) is 3. The lowest BCUT2D eigenvalue weighted by atomic mass is 9.69. The highest BCUT2D eigenvalue weighted by molar-refractivity contribution is 5.75. The molecule has 1 saturated carbocycles. The van der Waals surface area contributed by atoms with Crippen molar-refractivity contribution in [2.75, 3.05) is 33.4 Å². The van der Waals surface area contributed by atoms with Crippen molar-refractivity contribution in [2.24, 2.45) is 17.3 Å². The molecule has 1 aliphatic heterocycles. The summed E-state index contributed by atoms with van der Waals surface area (Å²) >= 11 is 0. The molecular formula is C16H29NO3. The second kappa shape index (κ2) is 6.90. The monoisotopic (exact) mass is 283 g/mol. The Bertz CT molecular complexity index is 326. The summed E-state index contributed by atoms with van der Waals surface area (Å²) in [5.74, 6) is 0.622. The summed E-state index contributed by atoms with van der Waals surface area (Å²) in [6, 6.07) is 0. The molecule has 0 aromatic rings. The standard InChI is InChI=1S/C16H29NO3/c1-13-4-3-7-16(10-13,15(18)19)12-17-8-5-14(6-9-17)11-20-2/h13-14H,3-12H2,1-2H3,(H,18,19). The van der Waals surface area contributed by atoms with Gasteiger partial charge in [0.1, 0.15) is 0 Å². The highest BCUT2D eigenvalue weighted by Crippen LogP contribution is 2.40. The van der Waals surface area contributed by atoms with Crippen LogP contribution in [0.2, 0.25) is 0 Å². The third kappa shape index (κ3) is 3.73. The molecular weight excluding hydrogens is 254 g/mol. The van der Waals surface area contributed by atoms with E-state index in [-0.39, 0.29) is 0 Å². The topological polar surface area (TPSA) is 49.8 Å². The lowest BCUT2D eigenvalue weighted by molar-refractivity contribution is -0.154. The smallest absolute Gasteiger partial charge is 0.310 e. The Morgan fingerprint density at radius 3 is 2.60 bits per heavy atom. The fraction of sp³-hybridized carbons (Fsp3) is 0.938. The maximum absolute atomic E-state index is 11.8. The molecule has 0 aromatic heterocycles. The van der Waals surface area contributed by atoms with Crippen molar-refractivity contribution in [3.05, 3.63) is 0 Å². The van der Waals surface area contributed by atoms with Crippen LogP contribution in [0.3, 0.4) is 0 Å². The molecule has 2 unspecified atom stereocenters. The number of nitrogens with zero attached hydrogens (tertiary/aromatic N) is 1. The molecule has 0 spiro atoms. The Hall–Kier alpha value is -0.610. The van der Waals surface area contributed by atoms with Gasteiger partial charge in [-0.15, -0.1) is 0 Å². The second-order valence-corrected chi connectivity index (χ2v) is 6.96. The maximum Gasteiger partial charge on any atom is 0.310 e. The normalized spacial score (nSPS) is 33.2. The highest BCUT2D eigenvalue weighted by atomic mass is 16.5. The van der Waals surface area contributed by atoms with E-state index >= 15 is 0 Å². The molecule has 2 rings (SSSR count). The van der Waals surface area contributed by atoms with Gasteiger partial charge in [-0.1, -0.05) is 19.8 Å². The number of carboxylic acid groups (broad SMARTS) is 1. The number of carboxylic acids is 1. The number of hydrogen-bond donors (Lipinski definition) is 1. The van der Waals surface area contributed by atoms with E-state index in [1.54, 1.807) is 7.11 Å². The van der Waals surface area contributed by atoms with Crippen LogP contribution in [0.25, 0.3) is 0 Å². The van der Waals surface area contributed by atoms with E-state index in [0.29, 0.717) is 11.8 Å². The van der Waals surface area contributed by atoms with Crippen molar-refractivity contribution >= 4 is 5.97 Å². The van der Waals surface area contributed by atoms with Crippen LogP contribution in [0.5, 0.6) is 0 Å². The highest BCUT2D eigenvalue weighted by Gasteiger charge is 2.43. The minimum absolute atomic E-state index is 0.494. The van der Waals surface area contributed by atoms with Gasteiger partial charge in [0.15, 0.2) is 0 Å². The van der Waals surface area contributed by atoms with Crippen LogP contribution in [-0.4, -0.2) is 49.3 Å². The molecule has 0 amide bonds. The molecule has 0 radical (unpaired) electrons. The Morgan fingerprint density at radius 1 is 1.35 bits per heavy atom. The first-order valence-corrected chi connectivity index (χ1v) is 8.00. The predicted octanol–water partition coefficient (Wildman–Crippen LogP) is 2.63. The molecule has 1 saturated heterocycles. The third-order valence-electron chi connectivity index (χ3n) is 5.18. The van der Waals surface area contributed by atoms with Gasteiger partial charge in [-0.3, -0.25) is 4.79 Å². The van der Waals surface area contributed by atoms with Gasteiger partial charge in [-0.25, -0.2) is 0 Å². The van der Waals surface area contributed by atoms with Crippen molar-refractivity contribution in [2.45, 2.75) is 45.4 Å². The van der Waals surface area contributed by atoms with Gasteiger partial charge in [0.05, 0.1) is 5.41 Å². The fourth-order valence-corrected chi connectivity index (χ4v) is 4.04. The van der Waals surface area contributed by atoms with Gasteiger partial charge >= 0.3 is 5.97 Å². The Morgan fingerprint density at radius 2 is 2.05 bits per heavy atom. The van der Waals surface area contributed by atoms with Crippen LogP contribution in [0.15, 0.2) is 0 Å². The van der Waals surface area contributed by atoms with E-state index in [1.165, 1.54) is 6.42 Å². The van der Waals surface area contributed by atoms with Crippen LogP contribution in [-0.2, 0) is 9.53 Å². The minimum atomic E-state index is -0.580. The SMILES string of the molecule is COCC1CCN(CC2(C(=O)O)CCCC(C)C2)CC1. The van der Waals surface area contributed by atoms with Crippen LogP contribution in [0.4, 0.5) is 0 Å². The second-order valence-electron chi connectivity index (χ2n) is 6.96. The molecule has 1 heterocycles. The number of piperidine rings is 1. The van der Waals surface area contributed by atoms with E-state index in [0.717, 1.165) is 58.3 Å². The summed E-state index contributed by atoms with van der Waals surface area (Å²) in [6.07, 6.45) is 6.22. The summed E-state index contributed by atoms with van der Waals surface area (Å²) in [6.45, 7) is 5.83. The summed E-state index contributed by atoms with van der Waals surface area (Å²) in [7, 11) is 1.76. The van der Waals surface area contributed by atoms with Gasteiger partial charge in [-0.2, -0.15) is 0 Å². The lowest BCUT2D eigenvalue weighted by Crippen LogP contribution is -2.48. The molecule has 0 bridgehead atoms. The number of methoxy groups -OCH3 is 1. The zero-order valence-electron chi connectivity index (χ0n) is 12.9. The molecule has 116 valence electrons. The zero-order chi connectivity index (χ0) is 14.6. The quantitative estimate of drug-likeness (QED) is 0.842. The van der Waals surface area contributed by atoms with Crippen LogP contribution < -0.4 is 0 Å². The Kier molecular flexibility index (Phi) is 5.44. The van der Waals surface area contributed by atoms with Crippen molar-refractivity contribution in [1.29, 1.82) is 0 Å². The molecule has 2 fully saturated rings. The Balaban J connectivity index is 1.91. The van der Waals surface area contributed by atoms with Crippen LogP contribution in [0, 0.1) is 17.3 Å². The summed E-state index contributed by atoms with van der Waals surface area (Å²) in [5.41, 5.74) is -0.494. The fourth-order valence-electron chi connectivity index (χ4n) is 4.04. The number of aliphatic carboxylic acids is 1. The molecule has 2 aliphatic rings. The number of carbonyl (C=O) groups is 1. The van der Waals surface area contributed by atoms with Gasteiger partial charge in [0.2, 0.25) is 0 Å². The van der Waals surface area contributed by atoms with Gasteiger partial charge in [0.25, 0.3) is 0 Å². The molecule has 1 N–H and O–H groups in total. The number of likely N-dealkylation sites (tertiary alicyclic amines) is 1. The molecule has 20 heavy (non-hydrogen) atoms. The van der Waals surface area contributed by atoms with Gasteiger partial charge in [-0.05, 0) is 50.6 Å². The number of rotatable bonds is 5.